The number of nitrogens with zero attached hydrogens (tertiary/aromatic N) is 2. The Hall–Kier alpha value is -2.37. The van der Waals surface area contributed by atoms with Gasteiger partial charge in [0.15, 0.2) is 5.69 Å². The molecule has 1 aromatic heterocycles. The molecule has 0 unspecified atom stereocenters. The zero-order valence-electron chi connectivity index (χ0n) is 9.30. The molecule has 0 bridgehead atoms. The summed E-state index contributed by atoms with van der Waals surface area (Å²) in [5, 5.41) is 9.49. The van der Waals surface area contributed by atoms with Crippen molar-refractivity contribution in [3.8, 4) is 11.8 Å². The van der Waals surface area contributed by atoms with Crippen molar-refractivity contribution in [2.75, 3.05) is 14.2 Å². The summed E-state index contributed by atoms with van der Waals surface area (Å²) in [6.07, 6.45) is 0. The molecular formula is C11H10N2O4. The van der Waals surface area contributed by atoms with E-state index in [-0.39, 0.29) is 11.7 Å². The number of carbonyl (C=O) groups is 1. The van der Waals surface area contributed by atoms with Crippen LogP contribution in [-0.4, -0.2) is 35.3 Å². The van der Waals surface area contributed by atoms with E-state index in [1.165, 1.54) is 14.2 Å². The predicted octanol–water partition coefficient (Wildman–Crippen LogP) is 1.35. The highest BCUT2D eigenvalue weighted by molar-refractivity contribution is 6.03. The summed E-state index contributed by atoms with van der Waals surface area (Å²) >= 11 is 0. The van der Waals surface area contributed by atoms with Gasteiger partial charge in [0.25, 0.3) is 0 Å². The van der Waals surface area contributed by atoms with E-state index >= 15 is 0 Å². The quantitative estimate of drug-likeness (QED) is 0.863. The van der Waals surface area contributed by atoms with Crippen molar-refractivity contribution in [3.63, 3.8) is 0 Å². The molecule has 2 rings (SSSR count). The summed E-state index contributed by atoms with van der Waals surface area (Å²) in [6.45, 7) is 0. The Morgan fingerprint density at radius 3 is 2.59 bits per heavy atom. The second-order valence-electron chi connectivity index (χ2n) is 3.22. The minimum Gasteiger partial charge on any atom is -0.496 e. The lowest BCUT2D eigenvalue weighted by Gasteiger charge is -2.08. The molecule has 2 aromatic rings. The van der Waals surface area contributed by atoms with Crippen molar-refractivity contribution in [1.82, 2.24) is 9.97 Å². The van der Waals surface area contributed by atoms with Gasteiger partial charge in [0, 0.05) is 0 Å². The topological polar surface area (TPSA) is 81.5 Å². The number of methoxy groups -OCH3 is 2. The van der Waals surface area contributed by atoms with Gasteiger partial charge in [-0.2, -0.15) is 9.97 Å². The molecular weight excluding hydrogens is 224 g/mol. The van der Waals surface area contributed by atoms with E-state index in [0.717, 1.165) is 0 Å². The van der Waals surface area contributed by atoms with E-state index in [1.54, 1.807) is 18.2 Å². The Kier molecular flexibility index (Phi) is 2.78. The number of carboxylic acid groups (broad SMARTS) is 1. The molecule has 1 aromatic carbocycles. The van der Waals surface area contributed by atoms with E-state index in [0.29, 0.717) is 16.7 Å². The van der Waals surface area contributed by atoms with Gasteiger partial charge in [-0.25, -0.2) is 4.79 Å². The minimum absolute atomic E-state index is 0.0168. The number of ether oxygens (including phenoxy) is 2. The van der Waals surface area contributed by atoms with Crippen LogP contribution in [0.5, 0.6) is 11.8 Å². The number of hydrogen-bond donors (Lipinski definition) is 1. The number of carboxylic acids is 1. The van der Waals surface area contributed by atoms with Crippen molar-refractivity contribution in [1.29, 1.82) is 0 Å². The first-order chi connectivity index (χ1) is 8.17. The molecule has 6 nitrogen and oxygen atoms in total. The fourth-order valence-corrected chi connectivity index (χ4v) is 1.55. The van der Waals surface area contributed by atoms with Crippen LogP contribution in [0.3, 0.4) is 0 Å². The molecule has 0 fully saturated rings. The summed E-state index contributed by atoms with van der Waals surface area (Å²) < 4.78 is 9.97. The standard InChI is InChI=1S/C11H10N2O4/c1-16-7-5-3-4-6-8(7)9(10(14)15)13-11(12-6)17-2/h3-5H,1-2H3,(H,14,15). The second kappa shape index (κ2) is 4.25. The van der Waals surface area contributed by atoms with Gasteiger partial charge >= 0.3 is 12.0 Å². The van der Waals surface area contributed by atoms with E-state index < -0.39 is 5.97 Å². The van der Waals surface area contributed by atoms with Crippen molar-refractivity contribution in [3.05, 3.63) is 23.9 Å². The third-order valence-electron chi connectivity index (χ3n) is 2.27. The molecule has 0 atom stereocenters. The van der Waals surface area contributed by atoms with Gasteiger partial charge in [0.1, 0.15) is 5.75 Å². The van der Waals surface area contributed by atoms with Crippen molar-refractivity contribution < 1.29 is 19.4 Å². The molecule has 0 aliphatic rings. The number of aromatic carboxylic acids is 1. The zero-order chi connectivity index (χ0) is 12.4. The molecule has 0 spiro atoms. The van der Waals surface area contributed by atoms with E-state index in [2.05, 4.69) is 9.97 Å². The van der Waals surface area contributed by atoms with E-state index in [1.807, 2.05) is 0 Å². The maximum absolute atomic E-state index is 11.1. The van der Waals surface area contributed by atoms with Crippen LogP contribution in [-0.2, 0) is 0 Å². The molecule has 1 N–H and O–H groups in total. The highest BCUT2D eigenvalue weighted by Crippen LogP contribution is 2.28. The van der Waals surface area contributed by atoms with Gasteiger partial charge in [0.2, 0.25) is 0 Å². The van der Waals surface area contributed by atoms with Crippen molar-refractivity contribution in [2.24, 2.45) is 0 Å². The van der Waals surface area contributed by atoms with E-state index in [9.17, 15) is 4.79 Å². The first-order valence-electron chi connectivity index (χ1n) is 4.79. The molecule has 0 saturated heterocycles. The third-order valence-corrected chi connectivity index (χ3v) is 2.27. The summed E-state index contributed by atoms with van der Waals surface area (Å²) in [7, 11) is 2.84. The van der Waals surface area contributed by atoms with Gasteiger partial charge in [-0.15, -0.1) is 0 Å². The average Bonchev–Trinajstić information content (AvgIpc) is 2.36. The van der Waals surface area contributed by atoms with Crippen LogP contribution in [0.4, 0.5) is 0 Å². The molecule has 0 saturated carbocycles. The lowest BCUT2D eigenvalue weighted by atomic mass is 10.1. The fourth-order valence-electron chi connectivity index (χ4n) is 1.55. The normalized spacial score (nSPS) is 10.2. The molecule has 17 heavy (non-hydrogen) atoms. The number of aromatic nitrogens is 2. The summed E-state index contributed by atoms with van der Waals surface area (Å²) in [4.78, 5) is 19.0. The molecule has 0 radical (unpaired) electrons. The lowest BCUT2D eigenvalue weighted by molar-refractivity contribution is 0.0691. The van der Waals surface area contributed by atoms with Gasteiger partial charge in [-0.05, 0) is 12.1 Å². The van der Waals surface area contributed by atoms with E-state index in [4.69, 9.17) is 14.6 Å². The van der Waals surface area contributed by atoms with Crippen LogP contribution in [0.2, 0.25) is 0 Å². The smallest absolute Gasteiger partial charge is 0.355 e. The number of hydrogen-bond acceptors (Lipinski definition) is 5. The molecule has 88 valence electrons. The SMILES string of the molecule is COc1nc(C(=O)O)c2c(OC)cccc2n1. The van der Waals surface area contributed by atoms with Crippen LogP contribution in [0.25, 0.3) is 10.9 Å². The van der Waals surface area contributed by atoms with Gasteiger partial charge < -0.3 is 14.6 Å². The van der Waals surface area contributed by atoms with Gasteiger partial charge in [-0.3, -0.25) is 0 Å². The summed E-state index contributed by atoms with van der Waals surface area (Å²) in [5.74, 6) is -0.734. The first kappa shape index (κ1) is 11.1. The highest BCUT2D eigenvalue weighted by Gasteiger charge is 2.17. The third kappa shape index (κ3) is 1.84. The van der Waals surface area contributed by atoms with Crippen molar-refractivity contribution in [2.45, 2.75) is 0 Å². The number of fused-ring (bicyclic) bond motifs is 1. The maximum Gasteiger partial charge on any atom is 0.355 e. The minimum atomic E-state index is -1.15. The maximum atomic E-state index is 11.1. The van der Waals surface area contributed by atoms with Crippen molar-refractivity contribution >= 4 is 16.9 Å². The average molecular weight is 234 g/mol. The molecule has 0 aliphatic heterocycles. The van der Waals surface area contributed by atoms with Crippen LogP contribution in [0.15, 0.2) is 18.2 Å². The Bertz CT molecular complexity index is 583. The molecule has 0 amide bonds. The van der Waals surface area contributed by atoms with Crippen LogP contribution in [0.1, 0.15) is 10.5 Å². The zero-order valence-corrected chi connectivity index (χ0v) is 9.30. The van der Waals surface area contributed by atoms with Crippen LogP contribution in [0, 0.1) is 0 Å². The van der Waals surface area contributed by atoms with Crippen LogP contribution >= 0.6 is 0 Å². The number of benzene rings is 1. The highest BCUT2D eigenvalue weighted by atomic mass is 16.5. The Morgan fingerprint density at radius 2 is 2.00 bits per heavy atom. The predicted molar refractivity (Wildman–Crippen MR) is 59.6 cm³/mol. The van der Waals surface area contributed by atoms with Gasteiger partial charge in [0.05, 0.1) is 25.1 Å². The fraction of sp³-hybridized carbons (Fsp3) is 0.182. The largest absolute Gasteiger partial charge is 0.496 e. The summed E-state index contributed by atoms with van der Waals surface area (Å²) in [6, 6.07) is 5.07. The molecule has 0 aliphatic carbocycles. The lowest BCUT2D eigenvalue weighted by Crippen LogP contribution is -2.06. The summed E-state index contributed by atoms with van der Waals surface area (Å²) in [5.41, 5.74) is 0.331. The first-order valence-corrected chi connectivity index (χ1v) is 4.79. The molecule has 1 heterocycles. The second-order valence-corrected chi connectivity index (χ2v) is 3.22. The van der Waals surface area contributed by atoms with Gasteiger partial charge in [-0.1, -0.05) is 6.07 Å². The Morgan fingerprint density at radius 1 is 1.24 bits per heavy atom. The Labute approximate surface area is 96.8 Å². The molecule has 6 heteroatoms. The number of rotatable bonds is 3. The Balaban J connectivity index is 2.86. The van der Waals surface area contributed by atoms with Crippen LogP contribution < -0.4 is 9.47 Å². The monoisotopic (exact) mass is 234 g/mol.